The lowest BCUT2D eigenvalue weighted by molar-refractivity contribution is 0.101. The van der Waals surface area contributed by atoms with Crippen LogP contribution in [0.15, 0.2) is 34.9 Å². The maximum absolute atomic E-state index is 11.2. The molecule has 4 heteroatoms. The predicted octanol–water partition coefficient (Wildman–Crippen LogP) is 2.76. The molecule has 0 unspecified atom stereocenters. The number of aromatic nitrogens is 1. The summed E-state index contributed by atoms with van der Waals surface area (Å²) in [5.74, 6) is 1.42. The summed E-state index contributed by atoms with van der Waals surface area (Å²) in [5, 5.41) is 3.82. The zero-order valence-electron chi connectivity index (χ0n) is 9.77. The summed E-state index contributed by atoms with van der Waals surface area (Å²) in [6, 6.07) is 8.89. The Morgan fingerprint density at radius 2 is 2.24 bits per heavy atom. The van der Waals surface area contributed by atoms with Crippen LogP contribution in [0.3, 0.4) is 0 Å². The summed E-state index contributed by atoms with van der Waals surface area (Å²) in [6.07, 6.45) is 0. The first-order chi connectivity index (χ1) is 8.15. The number of Topliss-reactive ketones (excluding diaryl/α,β-unsaturated/α-hetero) is 1. The fourth-order valence-electron chi connectivity index (χ4n) is 1.45. The predicted molar refractivity (Wildman–Crippen MR) is 62.0 cm³/mol. The molecule has 1 heterocycles. The Balaban J connectivity index is 2.04. The molecular weight excluding hydrogens is 218 g/mol. The van der Waals surface area contributed by atoms with E-state index in [4.69, 9.17) is 9.26 Å². The number of benzene rings is 1. The quantitative estimate of drug-likeness (QED) is 0.759. The number of aryl methyl sites for hydroxylation is 1. The van der Waals surface area contributed by atoms with E-state index < -0.39 is 0 Å². The molecule has 0 atom stereocenters. The molecule has 0 bridgehead atoms. The van der Waals surface area contributed by atoms with Gasteiger partial charge in [0.15, 0.2) is 5.78 Å². The second-order valence-corrected chi connectivity index (χ2v) is 3.80. The van der Waals surface area contributed by atoms with Crippen LogP contribution >= 0.6 is 0 Å². The lowest BCUT2D eigenvalue weighted by Gasteiger charge is -2.04. The highest BCUT2D eigenvalue weighted by Crippen LogP contribution is 2.15. The Labute approximate surface area is 99.2 Å². The Kier molecular flexibility index (Phi) is 3.23. The van der Waals surface area contributed by atoms with Gasteiger partial charge in [0.1, 0.15) is 23.8 Å². The zero-order valence-corrected chi connectivity index (χ0v) is 9.77. The van der Waals surface area contributed by atoms with Gasteiger partial charge in [0, 0.05) is 11.6 Å². The van der Waals surface area contributed by atoms with Gasteiger partial charge in [0.05, 0.1) is 0 Å². The summed E-state index contributed by atoms with van der Waals surface area (Å²) in [6.45, 7) is 3.69. The molecule has 0 aliphatic rings. The highest BCUT2D eigenvalue weighted by molar-refractivity contribution is 5.94. The third-order valence-corrected chi connectivity index (χ3v) is 2.30. The van der Waals surface area contributed by atoms with Crippen molar-refractivity contribution in [2.45, 2.75) is 20.5 Å². The molecule has 0 aliphatic carbocycles. The van der Waals surface area contributed by atoms with Crippen LogP contribution in [-0.2, 0) is 6.61 Å². The van der Waals surface area contributed by atoms with E-state index in [2.05, 4.69) is 5.16 Å². The lowest BCUT2D eigenvalue weighted by atomic mass is 10.1. The third-order valence-electron chi connectivity index (χ3n) is 2.30. The van der Waals surface area contributed by atoms with E-state index in [9.17, 15) is 4.79 Å². The van der Waals surface area contributed by atoms with E-state index in [-0.39, 0.29) is 5.78 Å². The summed E-state index contributed by atoms with van der Waals surface area (Å²) >= 11 is 0. The average Bonchev–Trinajstić information content (AvgIpc) is 2.73. The number of ether oxygens (including phenoxy) is 1. The maximum Gasteiger partial charge on any atom is 0.159 e. The van der Waals surface area contributed by atoms with Crippen LogP contribution < -0.4 is 4.74 Å². The van der Waals surface area contributed by atoms with Gasteiger partial charge in [0.2, 0.25) is 0 Å². The van der Waals surface area contributed by atoms with E-state index >= 15 is 0 Å². The van der Waals surface area contributed by atoms with Crippen molar-refractivity contribution < 1.29 is 14.1 Å². The number of rotatable bonds is 4. The van der Waals surface area contributed by atoms with Gasteiger partial charge in [-0.2, -0.15) is 0 Å². The van der Waals surface area contributed by atoms with Crippen molar-refractivity contribution in [1.29, 1.82) is 0 Å². The molecule has 0 radical (unpaired) electrons. The van der Waals surface area contributed by atoms with Crippen LogP contribution in [0, 0.1) is 6.92 Å². The largest absolute Gasteiger partial charge is 0.487 e. The molecule has 0 amide bonds. The molecule has 1 aromatic carbocycles. The second-order valence-electron chi connectivity index (χ2n) is 3.80. The molecule has 0 spiro atoms. The van der Waals surface area contributed by atoms with E-state index in [0.717, 1.165) is 11.5 Å². The van der Waals surface area contributed by atoms with Gasteiger partial charge in [-0.05, 0) is 26.0 Å². The first-order valence-electron chi connectivity index (χ1n) is 5.31. The van der Waals surface area contributed by atoms with Gasteiger partial charge in [0.25, 0.3) is 0 Å². The number of ketones is 1. The number of hydrogen-bond acceptors (Lipinski definition) is 4. The van der Waals surface area contributed by atoms with Gasteiger partial charge >= 0.3 is 0 Å². The van der Waals surface area contributed by atoms with Crippen LogP contribution in [0.4, 0.5) is 0 Å². The highest BCUT2D eigenvalue weighted by Gasteiger charge is 2.03. The Morgan fingerprint density at radius 1 is 1.41 bits per heavy atom. The molecule has 4 nitrogen and oxygen atoms in total. The Bertz CT molecular complexity index is 531. The minimum Gasteiger partial charge on any atom is -0.487 e. The lowest BCUT2D eigenvalue weighted by Crippen LogP contribution is -1.97. The monoisotopic (exact) mass is 231 g/mol. The maximum atomic E-state index is 11.2. The number of carbonyl (C=O) groups is 1. The SMILES string of the molecule is CC(=O)c1cccc(OCc2cc(C)on2)c1. The molecule has 88 valence electrons. The third kappa shape index (κ3) is 2.93. The highest BCUT2D eigenvalue weighted by atomic mass is 16.5. The Morgan fingerprint density at radius 3 is 2.88 bits per heavy atom. The molecular formula is C13H13NO3. The summed E-state index contributed by atoms with van der Waals surface area (Å²) in [5.41, 5.74) is 1.37. The molecule has 0 fully saturated rings. The minimum absolute atomic E-state index is 0.0210. The first kappa shape index (κ1) is 11.4. The smallest absolute Gasteiger partial charge is 0.159 e. The standard InChI is InChI=1S/C13H13NO3/c1-9-6-12(14-17-9)8-16-13-5-3-4-11(7-13)10(2)15/h3-7H,8H2,1-2H3. The van der Waals surface area contributed by atoms with Crippen molar-refractivity contribution in [2.75, 3.05) is 0 Å². The second kappa shape index (κ2) is 4.82. The summed E-state index contributed by atoms with van der Waals surface area (Å²) < 4.78 is 10.5. The van der Waals surface area contributed by atoms with E-state index in [1.165, 1.54) is 6.92 Å². The van der Waals surface area contributed by atoms with E-state index in [1.807, 2.05) is 13.0 Å². The molecule has 1 aromatic heterocycles. The van der Waals surface area contributed by atoms with Crippen LogP contribution in [0.1, 0.15) is 28.7 Å². The first-order valence-corrected chi connectivity index (χ1v) is 5.31. The van der Waals surface area contributed by atoms with Crippen LogP contribution in [-0.4, -0.2) is 10.9 Å². The molecule has 0 aliphatic heterocycles. The van der Waals surface area contributed by atoms with E-state index in [0.29, 0.717) is 17.9 Å². The topological polar surface area (TPSA) is 52.3 Å². The van der Waals surface area contributed by atoms with Crippen molar-refractivity contribution in [1.82, 2.24) is 5.16 Å². The molecule has 0 saturated heterocycles. The normalized spacial score (nSPS) is 10.2. The minimum atomic E-state index is 0.0210. The number of carbonyl (C=O) groups excluding carboxylic acids is 1. The van der Waals surface area contributed by atoms with Gasteiger partial charge in [-0.25, -0.2) is 0 Å². The molecule has 0 N–H and O–H groups in total. The number of nitrogens with zero attached hydrogens (tertiary/aromatic N) is 1. The zero-order chi connectivity index (χ0) is 12.3. The average molecular weight is 231 g/mol. The van der Waals surface area contributed by atoms with Crippen LogP contribution in [0.25, 0.3) is 0 Å². The van der Waals surface area contributed by atoms with Gasteiger partial charge in [-0.15, -0.1) is 0 Å². The van der Waals surface area contributed by atoms with Crippen LogP contribution in [0.5, 0.6) is 5.75 Å². The van der Waals surface area contributed by atoms with Crippen LogP contribution in [0.2, 0.25) is 0 Å². The van der Waals surface area contributed by atoms with Crippen molar-refractivity contribution in [2.24, 2.45) is 0 Å². The van der Waals surface area contributed by atoms with Crippen molar-refractivity contribution >= 4 is 5.78 Å². The summed E-state index contributed by atoms with van der Waals surface area (Å²) in [4.78, 5) is 11.2. The number of hydrogen-bond donors (Lipinski definition) is 0. The fourth-order valence-corrected chi connectivity index (χ4v) is 1.45. The van der Waals surface area contributed by atoms with Gasteiger partial charge in [-0.1, -0.05) is 17.3 Å². The van der Waals surface area contributed by atoms with Crippen molar-refractivity contribution in [3.05, 3.63) is 47.3 Å². The van der Waals surface area contributed by atoms with Crippen molar-refractivity contribution in [3.63, 3.8) is 0 Å². The van der Waals surface area contributed by atoms with Gasteiger partial charge < -0.3 is 9.26 Å². The molecule has 0 saturated carbocycles. The Hall–Kier alpha value is -2.10. The molecule has 2 rings (SSSR count). The fraction of sp³-hybridized carbons (Fsp3) is 0.231. The van der Waals surface area contributed by atoms with Gasteiger partial charge in [-0.3, -0.25) is 4.79 Å². The van der Waals surface area contributed by atoms with E-state index in [1.54, 1.807) is 24.3 Å². The molecule has 17 heavy (non-hydrogen) atoms. The molecule has 2 aromatic rings. The van der Waals surface area contributed by atoms with Crippen molar-refractivity contribution in [3.8, 4) is 5.75 Å². The summed E-state index contributed by atoms with van der Waals surface area (Å²) in [7, 11) is 0.